The van der Waals surface area contributed by atoms with Crippen molar-refractivity contribution in [3.63, 3.8) is 0 Å². The molecule has 0 radical (unpaired) electrons. The molecule has 8 heteroatoms. The maximum absolute atomic E-state index is 10.2. The van der Waals surface area contributed by atoms with E-state index in [1.165, 1.54) is 0 Å². The topological polar surface area (TPSA) is 132 Å². The van der Waals surface area contributed by atoms with Gasteiger partial charge in [-0.05, 0) is 6.92 Å². The molecule has 3 atom stereocenters. The SMILES string of the molecule is C[C@H]1N=C(N)N2CCC(O)(O)[C@]23NC(N)=N[C@H]13. The Bertz CT molecular complexity index is 433. The normalized spacial score (nSPS) is 42.4. The van der Waals surface area contributed by atoms with Crippen molar-refractivity contribution in [2.75, 3.05) is 6.54 Å². The zero-order valence-electron chi connectivity index (χ0n) is 9.46. The van der Waals surface area contributed by atoms with Gasteiger partial charge >= 0.3 is 0 Å². The Labute approximate surface area is 98.0 Å². The molecule has 0 aromatic carbocycles. The third-order valence-electron chi connectivity index (χ3n) is 3.81. The van der Waals surface area contributed by atoms with E-state index in [9.17, 15) is 10.2 Å². The molecule has 0 aromatic rings. The molecule has 1 saturated heterocycles. The first-order valence-electron chi connectivity index (χ1n) is 5.55. The minimum atomic E-state index is -1.93. The number of guanidine groups is 2. The maximum Gasteiger partial charge on any atom is 0.210 e. The van der Waals surface area contributed by atoms with E-state index < -0.39 is 17.5 Å². The molecule has 0 saturated carbocycles. The highest BCUT2D eigenvalue weighted by molar-refractivity contribution is 5.87. The second-order valence-electron chi connectivity index (χ2n) is 4.80. The molecular weight excluding hydrogens is 224 g/mol. The summed E-state index contributed by atoms with van der Waals surface area (Å²) in [5.41, 5.74) is 10.3. The molecule has 0 aromatic heterocycles. The molecule has 0 unspecified atom stereocenters. The fraction of sp³-hybridized carbons (Fsp3) is 0.778. The summed E-state index contributed by atoms with van der Waals surface area (Å²) in [5.74, 6) is -1.46. The van der Waals surface area contributed by atoms with Crippen LogP contribution in [-0.2, 0) is 0 Å². The number of nitrogens with two attached hydrogens (primary N) is 2. The Kier molecular flexibility index (Phi) is 1.76. The molecule has 3 aliphatic rings. The minimum absolute atomic E-state index is 0.169. The zero-order chi connectivity index (χ0) is 12.4. The van der Waals surface area contributed by atoms with Crippen LogP contribution in [0.5, 0.6) is 0 Å². The van der Waals surface area contributed by atoms with E-state index in [2.05, 4.69) is 15.3 Å². The van der Waals surface area contributed by atoms with Crippen LogP contribution in [0.1, 0.15) is 13.3 Å². The lowest BCUT2D eigenvalue weighted by atomic mass is 9.87. The fourth-order valence-corrected chi connectivity index (χ4v) is 3.06. The van der Waals surface area contributed by atoms with Crippen molar-refractivity contribution in [3.8, 4) is 0 Å². The van der Waals surface area contributed by atoms with Gasteiger partial charge in [-0.3, -0.25) is 0 Å². The molecule has 1 spiro atoms. The summed E-state index contributed by atoms with van der Waals surface area (Å²) in [5, 5.41) is 23.3. The Hall–Kier alpha value is -1.54. The van der Waals surface area contributed by atoms with Crippen LogP contribution in [0, 0.1) is 0 Å². The number of hydrogen-bond acceptors (Lipinski definition) is 8. The van der Waals surface area contributed by atoms with E-state index in [0.717, 1.165) is 0 Å². The molecule has 94 valence electrons. The van der Waals surface area contributed by atoms with E-state index in [-0.39, 0.29) is 24.4 Å². The Morgan fingerprint density at radius 3 is 2.82 bits per heavy atom. The van der Waals surface area contributed by atoms with Crippen molar-refractivity contribution in [2.45, 2.75) is 36.9 Å². The van der Waals surface area contributed by atoms with Crippen molar-refractivity contribution < 1.29 is 10.2 Å². The van der Waals surface area contributed by atoms with Gasteiger partial charge < -0.3 is 31.9 Å². The van der Waals surface area contributed by atoms with Gasteiger partial charge in [0.15, 0.2) is 17.6 Å². The number of aliphatic hydroxyl groups is 2. The summed E-state index contributed by atoms with van der Waals surface area (Å²) < 4.78 is 0. The third-order valence-corrected chi connectivity index (χ3v) is 3.81. The first kappa shape index (κ1) is 10.6. The Balaban J connectivity index is 2.16. The maximum atomic E-state index is 10.2. The Morgan fingerprint density at radius 2 is 2.12 bits per heavy atom. The molecule has 0 amide bonds. The number of nitrogens with one attached hydrogen (secondary N) is 1. The van der Waals surface area contributed by atoms with Gasteiger partial charge in [-0.1, -0.05) is 0 Å². The smallest absolute Gasteiger partial charge is 0.210 e. The Morgan fingerprint density at radius 1 is 1.41 bits per heavy atom. The van der Waals surface area contributed by atoms with Crippen molar-refractivity contribution in [2.24, 2.45) is 21.5 Å². The summed E-state index contributed by atoms with van der Waals surface area (Å²) in [7, 11) is 0. The van der Waals surface area contributed by atoms with Crippen molar-refractivity contribution in [1.82, 2.24) is 10.2 Å². The molecule has 3 heterocycles. The molecule has 0 bridgehead atoms. The highest BCUT2D eigenvalue weighted by Crippen LogP contribution is 2.44. The number of hydrogen-bond donors (Lipinski definition) is 5. The standard InChI is InChI=1S/C9H16N6O2/c1-4-5-9(14-6(10)13-5)8(16,17)2-3-15(9)7(11)12-4/h4-5,16-17H,2-3H2,1H3,(H2,11,12)(H3,10,13,14)/t4-,5-,9-/m1/s1. The van der Waals surface area contributed by atoms with E-state index in [1.807, 2.05) is 6.92 Å². The lowest BCUT2D eigenvalue weighted by molar-refractivity contribution is -0.220. The van der Waals surface area contributed by atoms with Crippen LogP contribution in [0.3, 0.4) is 0 Å². The highest BCUT2D eigenvalue weighted by atomic mass is 16.5. The lowest BCUT2D eigenvalue weighted by Crippen LogP contribution is -2.76. The van der Waals surface area contributed by atoms with Crippen LogP contribution >= 0.6 is 0 Å². The van der Waals surface area contributed by atoms with Crippen LogP contribution in [0.4, 0.5) is 0 Å². The van der Waals surface area contributed by atoms with Crippen LogP contribution in [0.25, 0.3) is 0 Å². The van der Waals surface area contributed by atoms with Crippen LogP contribution in [-0.4, -0.2) is 57.1 Å². The summed E-state index contributed by atoms with van der Waals surface area (Å²) in [6.45, 7) is 2.23. The molecule has 8 nitrogen and oxygen atoms in total. The first-order valence-corrected chi connectivity index (χ1v) is 5.55. The monoisotopic (exact) mass is 240 g/mol. The second-order valence-corrected chi connectivity index (χ2v) is 4.80. The third kappa shape index (κ3) is 1.04. The molecule has 17 heavy (non-hydrogen) atoms. The van der Waals surface area contributed by atoms with Gasteiger partial charge in [0, 0.05) is 13.0 Å². The molecule has 3 rings (SSSR count). The van der Waals surface area contributed by atoms with Crippen LogP contribution in [0.15, 0.2) is 9.98 Å². The lowest BCUT2D eigenvalue weighted by Gasteiger charge is -2.48. The predicted molar refractivity (Wildman–Crippen MR) is 60.9 cm³/mol. The molecule has 1 fully saturated rings. The van der Waals surface area contributed by atoms with Gasteiger partial charge in [0.25, 0.3) is 0 Å². The van der Waals surface area contributed by atoms with E-state index >= 15 is 0 Å². The van der Waals surface area contributed by atoms with Gasteiger partial charge in [0.05, 0.1) is 6.04 Å². The summed E-state index contributed by atoms with van der Waals surface area (Å²) in [4.78, 5) is 10.1. The average molecular weight is 240 g/mol. The highest BCUT2D eigenvalue weighted by Gasteiger charge is 2.68. The van der Waals surface area contributed by atoms with Gasteiger partial charge in [-0.25, -0.2) is 9.98 Å². The van der Waals surface area contributed by atoms with Crippen molar-refractivity contribution in [3.05, 3.63) is 0 Å². The first-order chi connectivity index (χ1) is 7.88. The van der Waals surface area contributed by atoms with Crippen molar-refractivity contribution >= 4 is 11.9 Å². The van der Waals surface area contributed by atoms with E-state index in [1.54, 1.807) is 4.90 Å². The zero-order valence-corrected chi connectivity index (χ0v) is 9.46. The minimum Gasteiger partial charge on any atom is -0.370 e. The van der Waals surface area contributed by atoms with Gasteiger partial charge in [0.1, 0.15) is 6.04 Å². The quantitative estimate of drug-likeness (QED) is 0.288. The molecular formula is C9H16N6O2. The van der Waals surface area contributed by atoms with E-state index in [0.29, 0.717) is 6.54 Å². The molecule has 3 aliphatic heterocycles. The number of rotatable bonds is 0. The summed E-state index contributed by atoms with van der Waals surface area (Å²) in [6.07, 6.45) is 0.169. The van der Waals surface area contributed by atoms with Crippen molar-refractivity contribution in [1.29, 1.82) is 0 Å². The van der Waals surface area contributed by atoms with Gasteiger partial charge in [-0.2, -0.15) is 0 Å². The average Bonchev–Trinajstić information content (AvgIpc) is 2.68. The summed E-state index contributed by atoms with van der Waals surface area (Å²) in [6, 6.07) is -0.705. The number of aliphatic imine (C=N–C) groups is 2. The fourth-order valence-electron chi connectivity index (χ4n) is 3.06. The van der Waals surface area contributed by atoms with Crippen LogP contribution in [0.2, 0.25) is 0 Å². The second kappa shape index (κ2) is 2.82. The largest absolute Gasteiger partial charge is 0.370 e. The predicted octanol–water partition coefficient (Wildman–Crippen LogP) is -2.93. The van der Waals surface area contributed by atoms with Crippen LogP contribution < -0.4 is 16.8 Å². The number of nitrogens with zero attached hydrogens (tertiary/aromatic N) is 3. The van der Waals surface area contributed by atoms with Gasteiger partial charge in [0.2, 0.25) is 5.79 Å². The van der Waals surface area contributed by atoms with Gasteiger partial charge in [-0.15, -0.1) is 0 Å². The summed E-state index contributed by atoms with van der Waals surface area (Å²) >= 11 is 0. The molecule has 7 N–H and O–H groups in total. The van der Waals surface area contributed by atoms with E-state index in [4.69, 9.17) is 11.5 Å². The molecule has 0 aliphatic carbocycles.